The van der Waals surface area contributed by atoms with Crippen molar-refractivity contribution in [2.75, 3.05) is 0 Å². The highest BCUT2D eigenvalue weighted by Crippen LogP contribution is 2.29. The third-order valence-corrected chi connectivity index (χ3v) is 4.27. The van der Waals surface area contributed by atoms with Gasteiger partial charge in [-0.05, 0) is 36.1 Å². The van der Waals surface area contributed by atoms with Crippen molar-refractivity contribution in [1.82, 2.24) is 0 Å². The van der Waals surface area contributed by atoms with E-state index in [1.807, 2.05) is 24.3 Å². The molecule has 0 saturated heterocycles. The fraction of sp³-hybridized carbons (Fsp3) is 0.105. The molecule has 0 N–H and O–H groups in total. The predicted octanol–water partition coefficient (Wildman–Crippen LogP) is 5.68. The van der Waals surface area contributed by atoms with Crippen LogP contribution in [-0.2, 0) is 12.8 Å². The fourth-order valence-corrected chi connectivity index (χ4v) is 2.86. The summed E-state index contributed by atoms with van der Waals surface area (Å²) in [7, 11) is 0. The smallest absolute Gasteiger partial charge is 0.196 e. The Morgan fingerprint density at radius 2 is 1.27 bits per heavy atom. The first-order valence-corrected chi connectivity index (χ1v) is 7.67. The molecule has 112 valence electrons. The van der Waals surface area contributed by atoms with Crippen LogP contribution in [0.1, 0.15) is 27.0 Å². The first-order chi connectivity index (χ1) is 10.6. The molecule has 3 heteroatoms. The van der Waals surface area contributed by atoms with Gasteiger partial charge in [0.2, 0.25) is 0 Å². The van der Waals surface area contributed by atoms with E-state index in [9.17, 15) is 4.79 Å². The van der Waals surface area contributed by atoms with Crippen molar-refractivity contribution >= 4 is 29.0 Å². The van der Waals surface area contributed by atoms with Gasteiger partial charge in [0.15, 0.2) is 5.78 Å². The Labute approximate surface area is 140 Å². The summed E-state index contributed by atoms with van der Waals surface area (Å²) in [5, 5.41) is 0.912. The highest BCUT2D eigenvalue weighted by atomic mass is 35.5. The third-order valence-electron chi connectivity index (χ3n) is 3.38. The number of ketones is 1. The maximum Gasteiger partial charge on any atom is 0.196 e. The molecular weight excluding hydrogens is 315 g/mol. The molecule has 0 atom stereocenters. The lowest BCUT2D eigenvalue weighted by molar-refractivity contribution is 0.103. The number of rotatable bonds is 6. The quantitative estimate of drug-likeness (QED) is 0.491. The molecule has 0 fully saturated rings. The van der Waals surface area contributed by atoms with Gasteiger partial charge >= 0.3 is 0 Å². The summed E-state index contributed by atoms with van der Waals surface area (Å²) in [6.07, 6.45) is 4.74. The first kappa shape index (κ1) is 16.5. The molecule has 0 radical (unpaired) electrons. The second-order valence-corrected chi connectivity index (χ2v) is 5.63. The fourth-order valence-electron chi connectivity index (χ4n) is 2.28. The Hall–Kier alpha value is -1.83. The average molecular weight is 331 g/mol. The second-order valence-electron chi connectivity index (χ2n) is 4.87. The van der Waals surface area contributed by atoms with E-state index in [4.69, 9.17) is 23.2 Å². The normalized spacial score (nSPS) is 10.3. The van der Waals surface area contributed by atoms with Crippen molar-refractivity contribution in [3.63, 3.8) is 0 Å². The highest BCUT2D eigenvalue weighted by molar-refractivity contribution is 6.39. The van der Waals surface area contributed by atoms with Crippen molar-refractivity contribution in [2.24, 2.45) is 0 Å². The zero-order chi connectivity index (χ0) is 16.1. The van der Waals surface area contributed by atoms with Crippen molar-refractivity contribution in [3.8, 4) is 0 Å². The molecule has 1 nitrogen and oxygen atoms in total. The zero-order valence-corrected chi connectivity index (χ0v) is 13.6. The van der Waals surface area contributed by atoms with Gasteiger partial charge in [0.25, 0.3) is 0 Å². The van der Waals surface area contributed by atoms with Crippen LogP contribution in [0.3, 0.4) is 0 Å². The lowest BCUT2D eigenvalue weighted by Gasteiger charge is -2.10. The Kier molecular flexibility index (Phi) is 5.59. The number of allylic oxidation sites excluding steroid dienone is 2. The van der Waals surface area contributed by atoms with E-state index < -0.39 is 0 Å². The molecule has 0 spiro atoms. The minimum atomic E-state index is -0.174. The Morgan fingerprint density at radius 3 is 1.64 bits per heavy atom. The number of hydrogen-bond acceptors (Lipinski definition) is 1. The van der Waals surface area contributed by atoms with Crippen molar-refractivity contribution < 1.29 is 4.79 Å². The minimum absolute atomic E-state index is 0.174. The maximum atomic E-state index is 12.8. The van der Waals surface area contributed by atoms with Crippen LogP contribution in [0.25, 0.3) is 0 Å². The van der Waals surface area contributed by atoms with Gasteiger partial charge in [0, 0.05) is 11.1 Å². The summed E-state index contributed by atoms with van der Waals surface area (Å²) in [6.45, 7) is 7.40. The van der Waals surface area contributed by atoms with Crippen molar-refractivity contribution in [3.05, 3.63) is 94.0 Å². The van der Waals surface area contributed by atoms with Crippen LogP contribution >= 0.6 is 23.2 Å². The largest absolute Gasteiger partial charge is 0.288 e. The van der Waals surface area contributed by atoms with Crippen LogP contribution in [0.2, 0.25) is 10.0 Å². The summed E-state index contributed by atoms with van der Waals surface area (Å²) in [5.41, 5.74) is 2.67. The summed E-state index contributed by atoms with van der Waals surface area (Å²) < 4.78 is 0. The molecule has 0 amide bonds. The van der Waals surface area contributed by atoms with Crippen LogP contribution in [0.5, 0.6) is 0 Å². The predicted molar refractivity (Wildman–Crippen MR) is 94.1 cm³/mol. The van der Waals surface area contributed by atoms with Crippen molar-refractivity contribution in [1.29, 1.82) is 0 Å². The third kappa shape index (κ3) is 3.32. The Bertz CT molecular complexity index is 671. The Balaban J connectivity index is 2.49. The molecule has 0 aliphatic heterocycles. The molecule has 0 aliphatic rings. The van der Waals surface area contributed by atoms with Crippen LogP contribution in [0.15, 0.2) is 61.7 Å². The summed E-state index contributed by atoms with van der Waals surface area (Å²) in [5.74, 6) is -0.174. The number of carbonyl (C=O) groups is 1. The molecule has 0 bridgehead atoms. The van der Waals surface area contributed by atoms with Crippen LogP contribution in [0, 0.1) is 0 Å². The second kappa shape index (κ2) is 7.44. The molecule has 0 saturated carbocycles. The van der Waals surface area contributed by atoms with Gasteiger partial charge in [-0.3, -0.25) is 4.79 Å². The minimum Gasteiger partial charge on any atom is -0.288 e. The standard InChI is InChI=1S/C19H16Cl2O/c1-3-7-13-9-5-11-15(17(13)20)19(22)16-12-6-10-14(8-4-2)18(16)21/h3-6,9-12H,1-2,7-8H2. The lowest BCUT2D eigenvalue weighted by Crippen LogP contribution is -2.05. The summed E-state index contributed by atoms with van der Waals surface area (Å²) in [6, 6.07) is 10.8. The van der Waals surface area contributed by atoms with Gasteiger partial charge in [0.1, 0.15) is 0 Å². The number of halogens is 2. The number of hydrogen-bond donors (Lipinski definition) is 0. The van der Waals surface area contributed by atoms with Gasteiger partial charge in [-0.25, -0.2) is 0 Å². The molecule has 0 aliphatic carbocycles. The summed E-state index contributed by atoms with van der Waals surface area (Å²) in [4.78, 5) is 12.8. The van der Waals surface area contributed by atoms with Gasteiger partial charge in [-0.2, -0.15) is 0 Å². The maximum absolute atomic E-state index is 12.8. The van der Waals surface area contributed by atoms with E-state index in [-0.39, 0.29) is 5.78 Å². The molecule has 22 heavy (non-hydrogen) atoms. The van der Waals surface area contributed by atoms with E-state index >= 15 is 0 Å². The van der Waals surface area contributed by atoms with Gasteiger partial charge < -0.3 is 0 Å². The summed E-state index contributed by atoms with van der Waals surface area (Å²) >= 11 is 12.7. The number of carbonyl (C=O) groups excluding carboxylic acids is 1. The molecule has 0 unspecified atom stereocenters. The Morgan fingerprint density at radius 1 is 0.864 bits per heavy atom. The lowest BCUT2D eigenvalue weighted by atomic mass is 9.98. The molecule has 2 aromatic carbocycles. The van der Waals surface area contributed by atoms with E-state index in [1.54, 1.807) is 24.3 Å². The first-order valence-electron chi connectivity index (χ1n) is 6.91. The molecule has 0 heterocycles. The molecule has 2 rings (SSSR count). The number of benzene rings is 2. The zero-order valence-electron chi connectivity index (χ0n) is 12.1. The van der Waals surface area contributed by atoms with Crippen LogP contribution < -0.4 is 0 Å². The molecular formula is C19H16Cl2O. The molecule has 2 aromatic rings. The van der Waals surface area contributed by atoms with Crippen LogP contribution in [0.4, 0.5) is 0 Å². The van der Waals surface area contributed by atoms with Crippen molar-refractivity contribution in [2.45, 2.75) is 12.8 Å². The monoisotopic (exact) mass is 330 g/mol. The molecule has 0 aromatic heterocycles. The highest BCUT2D eigenvalue weighted by Gasteiger charge is 2.18. The van der Waals surface area contributed by atoms with Gasteiger partial charge in [-0.1, -0.05) is 59.6 Å². The van der Waals surface area contributed by atoms with E-state index in [1.165, 1.54) is 0 Å². The average Bonchev–Trinajstić information content (AvgIpc) is 2.51. The van der Waals surface area contributed by atoms with E-state index in [0.29, 0.717) is 34.0 Å². The van der Waals surface area contributed by atoms with Gasteiger partial charge in [-0.15, -0.1) is 13.2 Å². The van der Waals surface area contributed by atoms with E-state index in [2.05, 4.69) is 13.2 Å². The SMILES string of the molecule is C=CCc1cccc(C(=O)c2cccc(CC=C)c2Cl)c1Cl. The van der Waals surface area contributed by atoms with Gasteiger partial charge in [0.05, 0.1) is 10.0 Å². The van der Waals surface area contributed by atoms with Crippen LogP contribution in [-0.4, -0.2) is 5.78 Å². The topological polar surface area (TPSA) is 17.1 Å². The van der Waals surface area contributed by atoms with E-state index in [0.717, 1.165) is 11.1 Å².